The quantitative estimate of drug-likeness (QED) is 0.695. The van der Waals surface area contributed by atoms with Crippen molar-refractivity contribution in [1.82, 2.24) is 4.90 Å². The Kier molecular flexibility index (Phi) is 2.20. The maximum Gasteiger partial charge on any atom is 0.254 e. The molecule has 1 aliphatic rings. The number of fused-ring (bicyclic) bond motifs is 1. The number of carbonyl (C=O) groups is 1. The van der Waals surface area contributed by atoms with Crippen LogP contribution in [0, 0.1) is 11.3 Å². The van der Waals surface area contributed by atoms with E-state index in [0.29, 0.717) is 17.7 Å². The summed E-state index contributed by atoms with van der Waals surface area (Å²) in [6.45, 7) is 4.53. The number of rotatable bonds is 1. The summed E-state index contributed by atoms with van der Waals surface area (Å²) in [6.07, 6.45) is 0. The summed E-state index contributed by atoms with van der Waals surface area (Å²) in [5.41, 5.74) is 2.17. The highest BCUT2D eigenvalue weighted by molar-refractivity contribution is 5.99. The lowest BCUT2D eigenvalue weighted by Crippen LogP contribution is -2.30. The number of hydrogen-bond donors (Lipinski definition) is 0. The van der Waals surface area contributed by atoms with E-state index in [0.717, 1.165) is 5.56 Å². The van der Waals surface area contributed by atoms with Crippen LogP contribution in [-0.2, 0) is 6.54 Å². The fraction of sp³-hybridized carbons (Fsp3) is 0.333. The summed E-state index contributed by atoms with van der Waals surface area (Å²) in [7, 11) is 0. The van der Waals surface area contributed by atoms with Crippen molar-refractivity contribution in [2.75, 3.05) is 0 Å². The Hall–Kier alpha value is -1.82. The molecule has 3 nitrogen and oxygen atoms in total. The highest BCUT2D eigenvalue weighted by atomic mass is 16.2. The van der Waals surface area contributed by atoms with E-state index in [1.165, 1.54) is 0 Å². The van der Waals surface area contributed by atoms with E-state index < -0.39 is 0 Å². The lowest BCUT2D eigenvalue weighted by Gasteiger charge is -2.19. The predicted octanol–water partition coefficient (Wildman–Crippen LogP) is 1.92. The molecule has 0 unspecified atom stereocenters. The fourth-order valence-corrected chi connectivity index (χ4v) is 1.88. The molecule has 76 valence electrons. The molecule has 15 heavy (non-hydrogen) atoms. The molecular weight excluding hydrogens is 188 g/mol. The average Bonchev–Trinajstić information content (AvgIpc) is 2.56. The zero-order valence-electron chi connectivity index (χ0n) is 8.82. The molecule has 1 aromatic carbocycles. The molecule has 0 bridgehead atoms. The van der Waals surface area contributed by atoms with Gasteiger partial charge in [-0.1, -0.05) is 6.07 Å². The van der Waals surface area contributed by atoms with Crippen LogP contribution in [0.5, 0.6) is 0 Å². The number of amides is 1. The van der Waals surface area contributed by atoms with Gasteiger partial charge >= 0.3 is 0 Å². The van der Waals surface area contributed by atoms with Crippen LogP contribution in [0.3, 0.4) is 0 Å². The molecule has 0 N–H and O–H groups in total. The van der Waals surface area contributed by atoms with E-state index in [9.17, 15) is 4.79 Å². The minimum absolute atomic E-state index is 0.0390. The van der Waals surface area contributed by atoms with Crippen molar-refractivity contribution in [2.24, 2.45) is 0 Å². The highest BCUT2D eigenvalue weighted by Crippen LogP contribution is 2.26. The van der Waals surface area contributed by atoms with Gasteiger partial charge in [-0.3, -0.25) is 4.79 Å². The Morgan fingerprint density at radius 3 is 2.80 bits per heavy atom. The third-order valence-corrected chi connectivity index (χ3v) is 2.74. The molecule has 0 fully saturated rings. The van der Waals surface area contributed by atoms with Gasteiger partial charge in [0.1, 0.15) is 0 Å². The summed E-state index contributed by atoms with van der Waals surface area (Å²) in [5.74, 6) is 0.0390. The van der Waals surface area contributed by atoms with Crippen molar-refractivity contribution in [3.63, 3.8) is 0 Å². The zero-order valence-corrected chi connectivity index (χ0v) is 8.82. The summed E-state index contributed by atoms with van der Waals surface area (Å²) in [6, 6.07) is 7.62. The van der Waals surface area contributed by atoms with Gasteiger partial charge in [-0.05, 0) is 26.0 Å². The van der Waals surface area contributed by atoms with Crippen molar-refractivity contribution in [3.8, 4) is 6.07 Å². The van der Waals surface area contributed by atoms with Crippen LogP contribution in [-0.4, -0.2) is 16.8 Å². The van der Waals surface area contributed by atoms with Crippen molar-refractivity contribution >= 4 is 5.91 Å². The van der Waals surface area contributed by atoms with Crippen molar-refractivity contribution in [1.29, 1.82) is 5.26 Å². The van der Waals surface area contributed by atoms with Gasteiger partial charge in [0, 0.05) is 23.7 Å². The first-order valence-corrected chi connectivity index (χ1v) is 4.98. The van der Waals surface area contributed by atoms with Gasteiger partial charge in [0.2, 0.25) is 0 Å². The van der Waals surface area contributed by atoms with Gasteiger partial charge < -0.3 is 4.90 Å². The maximum absolute atomic E-state index is 11.9. The van der Waals surface area contributed by atoms with E-state index in [-0.39, 0.29) is 11.9 Å². The minimum atomic E-state index is 0.0390. The van der Waals surface area contributed by atoms with Crippen molar-refractivity contribution in [2.45, 2.75) is 26.4 Å². The van der Waals surface area contributed by atoms with Gasteiger partial charge in [-0.15, -0.1) is 0 Å². The summed E-state index contributed by atoms with van der Waals surface area (Å²) in [5, 5.41) is 8.93. The topological polar surface area (TPSA) is 44.1 Å². The monoisotopic (exact) mass is 200 g/mol. The summed E-state index contributed by atoms with van der Waals surface area (Å²) >= 11 is 0. The molecule has 0 spiro atoms. The van der Waals surface area contributed by atoms with Crippen LogP contribution in [0.1, 0.15) is 35.3 Å². The molecule has 0 aliphatic carbocycles. The summed E-state index contributed by atoms with van der Waals surface area (Å²) < 4.78 is 0. The van der Waals surface area contributed by atoms with Gasteiger partial charge in [-0.25, -0.2) is 0 Å². The smallest absolute Gasteiger partial charge is 0.254 e. The molecule has 1 heterocycles. The third-order valence-electron chi connectivity index (χ3n) is 2.74. The Labute approximate surface area is 88.9 Å². The molecule has 1 aliphatic heterocycles. The lowest BCUT2D eigenvalue weighted by atomic mass is 10.0. The van der Waals surface area contributed by atoms with Crippen LogP contribution < -0.4 is 0 Å². The molecule has 0 aromatic heterocycles. The molecule has 0 radical (unpaired) electrons. The maximum atomic E-state index is 11.9. The second kappa shape index (κ2) is 3.39. The number of benzene rings is 1. The first-order valence-electron chi connectivity index (χ1n) is 4.98. The van der Waals surface area contributed by atoms with Crippen LogP contribution in [0.2, 0.25) is 0 Å². The highest BCUT2D eigenvalue weighted by Gasteiger charge is 2.30. The van der Waals surface area contributed by atoms with Crippen molar-refractivity contribution in [3.05, 3.63) is 34.9 Å². The van der Waals surface area contributed by atoms with E-state index in [4.69, 9.17) is 5.26 Å². The Bertz CT molecular complexity index is 457. The van der Waals surface area contributed by atoms with Crippen molar-refractivity contribution < 1.29 is 4.79 Å². The zero-order chi connectivity index (χ0) is 11.0. The normalized spacial score (nSPS) is 14.3. The van der Waals surface area contributed by atoms with Gasteiger partial charge in [0.15, 0.2) is 0 Å². The molecule has 0 saturated heterocycles. The van der Waals surface area contributed by atoms with Crippen LogP contribution in [0.4, 0.5) is 0 Å². The molecule has 1 amide bonds. The third kappa shape index (κ3) is 1.39. The van der Waals surface area contributed by atoms with E-state index in [2.05, 4.69) is 6.07 Å². The van der Waals surface area contributed by atoms with E-state index >= 15 is 0 Å². The number of carbonyl (C=O) groups excluding carboxylic acids is 1. The molecule has 2 rings (SSSR count). The largest absolute Gasteiger partial charge is 0.332 e. The number of nitrogens with zero attached hydrogens (tertiary/aromatic N) is 2. The Balaban J connectivity index is 2.50. The second-order valence-electron chi connectivity index (χ2n) is 3.97. The first kappa shape index (κ1) is 9.72. The van der Waals surface area contributed by atoms with E-state index in [1.54, 1.807) is 23.1 Å². The Morgan fingerprint density at radius 2 is 2.20 bits per heavy atom. The molecule has 0 saturated carbocycles. The van der Waals surface area contributed by atoms with Crippen LogP contribution >= 0.6 is 0 Å². The molecular formula is C12H12N2O. The minimum Gasteiger partial charge on any atom is -0.332 e. The van der Waals surface area contributed by atoms with Gasteiger partial charge in [-0.2, -0.15) is 5.26 Å². The Morgan fingerprint density at radius 1 is 1.47 bits per heavy atom. The molecule has 3 heteroatoms. The van der Waals surface area contributed by atoms with E-state index in [1.807, 2.05) is 13.8 Å². The lowest BCUT2D eigenvalue weighted by molar-refractivity contribution is 0.0730. The molecule has 0 atom stereocenters. The predicted molar refractivity (Wildman–Crippen MR) is 56.2 cm³/mol. The van der Waals surface area contributed by atoms with Crippen LogP contribution in [0.15, 0.2) is 18.2 Å². The average molecular weight is 200 g/mol. The first-order chi connectivity index (χ1) is 7.15. The van der Waals surface area contributed by atoms with Gasteiger partial charge in [0.05, 0.1) is 11.6 Å². The molecule has 1 aromatic rings. The standard InChI is InChI=1S/C12H12N2O/c1-8(2)14-7-11-9(6-13)4-3-5-10(11)12(14)15/h3-5,8H,7H2,1-2H3. The SMILES string of the molecule is CC(C)N1Cc2c(C#N)cccc2C1=O. The second-order valence-corrected chi connectivity index (χ2v) is 3.97. The summed E-state index contributed by atoms with van der Waals surface area (Å²) in [4.78, 5) is 13.7. The fourth-order valence-electron chi connectivity index (χ4n) is 1.88. The number of nitriles is 1. The van der Waals surface area contributed by atoms with Gasteiger partial charge in [0.25, 0.3) is 5.91 Å². The number of hydrogen-bond acceptors (Lipinski definition) is 2. The van der Waals surface area contributed by atoms with Crippen LogP contribution in [0.25, 0.3) is 0 Å².